The highest BCUT2D eigenvalue weighted by atomic mass is 16.2. The molecule has 1 heterocycles. The number of hydrogen-bond acceptors (Lipinski definition) is 3. The zero-order valence-corrected chi connectivity index (χ0v) is 12.8. The fourth-order valence-corrected chi connectivity index (χ4v) is 1.81. The maximum atomic E-state index is 11.8. The molecule has 0 saturated carbocycles. The zero-order valence-electron chi connectivity index (χ0n) is 12.8. The number of benzene rings is 1. The summed E-state index contributed by atoms with van der Waals surface area (Å²) in [6.07, 6.45) is 4.37. The Morgan fingerprint density at radius 3 is 2.29 bits per heavy atom. The lowest BCUT2D eigenvalue weighted by molar-refractivity contribution is -0.128. The molecule has 4 nitrogen and oxygen atoms in total. The highest BCUT2D eigenvalue weighted by Gasteiger charge is 2.20. The minimum Gasteiger partial charge on any atom is -0.355 e. The summed E-state index contributed by atoms with van der Waals surface area (Å²) in [7, 11) is 0. The molecule has 1 aromatic carbocycles. The maximum Gasteiger partial charge on any atom is 0.225 e. The van der Waals surface area contributed by atoms with Gasteiger partial charge >= 0.3 is 0 Å². The van der Waals surface area contributed by atoms with Gasteiger partial charge in [-0.1, -0.05) is 51.1 Å². The highest BCUT2D eigenvalue weighted by Crippen LogP contribution is 2.14. The summed E-state index contributed by atoms with van der Waals surface area (Å²) in [6, 6.07) is 9.87. The van der Waals surface area contributed by atoms with Crippen LogP contribution in [0, 0.1) is 5.41 Å². The average Bonchev–Trinajstić information content (AvgIpc) is 2.48. The summed E-state index contributed by atoms with van der Waals surface area (Å²) in [6.45, 7) is 6.31. The van der Waals surface area contributed by atoms with Crippen molar-refractivity contribution in [3.05, 3.63) is 48.3 Å². The van der Waals surface area contributed by atoms with E-state index in [1.165, 1.54) is 0 Å². The summed E-state index contributed by atoms with van der Waals surface area (Å²) in [5.74, 6) is 0.780. The van der Waals surface area contributed by atoms with E-state index >= 15 is 0 Å². The van der Waals surface area contributed by atoms with E-state index in [-0.39, 0.29) is 11.3 Å². The average molecular weight is 283 g/mol. The van der Waals surface area contributed by atoms with Crippen molar-refractivity contribution in [2.24, 2.45) is 5.41 Å². The van der Waals surface area contributed by atoms with Crippen molar-refractivity contribution < 1.29 is 4.79 Å². The van der Waals surface area contributed by atoms with Crippen molar-refractivity contribution in [3.8, 4) is 11.4 Å². The fourth-order valence-electron chi connectivity index (χ4n) is 1.81. The van der Waals surface area contributed by atoms with Crippen molar-refractivity contribution in [3.63, 3.8) is 0 Å². The lowest BCUT2D eigenvalue weighted by Gasteiger charge is -2.17. The number of amides is 1. The maximum absolute atomic E-state index is 11.8. The molecule has 0 aliphatic heterocycles. The molecular formula is C17H21N3O. The molecule has 1 aromatic heterocycles. The Balaban J connectivity index is 1.90. The first-order chi connectivity index (χ1) is 9.97. The lowest BCUT2D eigenvalue weighted by atomic mass is 9.96. The summed E-state index contributed by atoms with van der Waals surface area (Å²) in [5.41, 5.74) is 1.67. The molecule has 0 fully saturated rings. The van der Waals surface area contributed by atoms with Gasteiger partial charge in [0.25, 0.3) is 0 Å². The molecule has 2 rings (SSSR count). The Labute approximate surface area is 125 Å². The summed E-state index contributed by atoms with van der Waals surface area (Å²) in [4.78, 5) is 20.5. The molecule has 0 bridgehead atoms. The van der Waals surface area contributed by atoms with Crippen LogP contribution in [-0.2, 0) is 11.2 Å². The minimum atomic E-state index is -0.354. The van der Waals surface area contributed by atoms with Crippen molar-refractivity contribution in [2.75, 3.05) is 6.54 Å². The van der Waals surface area contributed by atoms with Gasteiger partial charge in [-0.05, 0) is 12.0 Å². The SMILES string of the molecule is CC(C)(C)C(=O)NCCc1cnc(-c2ccccc2)nc1. The molecule has 110 valence electrons. The summed E-state index contributed by atoms with van der Waals surface area (Å²) in [5, 5.41) is 2.92. The van der Waals surface area contributed by atoms with Gasteiger partial charge in [0, 0.05) is 29.9 Å². The first kappa shape index (κ1) is 15.2. The van der Waals surface area contributed by atoms with E-state index in [1.54, 1.807) is 0 Å². The van der Waals surface area contributed by atoms with Crippen LogP contribution in [0.4, 0.5) is 0 Å². The summed E-state index contributed by atoms with van der Waals surface area (Å²) < 4.78 is 0. The molecule has 2 aromatic rings. The topological polar surface area (TPSA) is 54.9 Å². The third-order valence-electron chi connectivity index (χ3n) is 3.12. The molecule has 0 atom stereocenters. The van der Waals surface area contributed by atoms with Gasteiger partial charge < -0.3 is 5.32 Å². The predicted octanol–water partition coefficient (Wildman–Crippen LogP) is 2.85. The molecule has 0 saturated heterocycles. The smallest absolute Gasteiger partial charge is 0.225 e. The van der Waals surface area contributed by atoms with Crippen molar-refractivity contribution in [1.82, 2.24) is 15.3 Å². The van der Waals surface area contributed by atoms with Crippen LogP contribution < -0.4 is 5.32 Å². The van der Waals surface area contributed by atoms with Crippen LogP contribution in [-0.4, -0.2) is 22.4 Å². The Bertz CT molecular complexity index is 586. The monoisotopic (exact) mass is 283 g/mol. The second kappa shape index (κ2) is 6.48. The Morgan fingerprint density at radius 1 is 1.10 bits per heavy atom. The van der Waals surface area contributed by atoms with E-state index in [9.17, 15) is 4.79 Å². The molecule has 0 aliphatic rings. The predicted molar refractivity (Wildman–Crippen MR) is 83.6 cm³/mol. The number of carbonyl (C=O) groups is 1. The highest BCUT2D eigenvalue weighted by molar-refractivity contribution is 5.81. The van der Waals surface area contributed by atoms with Gasteiger partial charge in [0.05, 0.1) is 0 Å². The van der Waals surface area contributed by atoms with E-state index in [4.69, 9.17) is 0 Å². The van der Waals surface area contributed by atoms with Crippen LogP contribution in [0.15, 0.2) is 42.7 Å². The van der Waals surface area contributed by atoms with Crippen LogP contribution in [0.2, 0.25) is 0 Å². The second-order valence-corrected chi connectivity index (χ2v) is 6.04. The third-order valence-corrected chi connectivity index (χ3v) is 3.12. The Kier molecular flexibility index (Phi) is 4.68. The minimum absolute atomic E-state index is 0.0596. The third kappa shape index (κ3) is 4.38. The zero-order chi connectivity index (χ0) is 15.3. The quantitative estimate of drug-likeness (QED) is 0.938. The number of rotatable bonds is 4. The number of nitrogens with one attached hydrogen (secondary N) is 1. The van der Waals surface area contributed by atoms with Gasteiger partial charge in [0.2, 0.25) is 5.91 Å². The largest absolute Gasteiger partial charge is 0.355 e. The van der Waals surface area contributed by atoms with Crippen molar-refractivity contribution >= 4 is 5.91 Å². The molecular weight excluding hydrogens is 262 g/mol. The van der Waals surface area contributed by atoms with Gasteiger partial charge in [-0.15, -0.1) is 0 Å². The van der Waals surface area contributed by atoms with Crippen LogP contribution in [0.3, 0.4) is 0 Å². The molecule has 21 heavy (non-hydrogen) atoms. The fraction of sp³-hybridized carbons (Fsp3) is 0.353. The number of carbonyl (C=O) groups excluding carboxylic acids is 1. The van der Waals surface area contributed by atoms with Crippen LogP contribution in [0.1, 0.15) is 26.3 Å². The summed E-state index contributed by atoms with van der Waals surface area (Å²) >= 11 is 0. The van der Waals surface area contributed by atoms with Gasteiger partial charge in [-0.25, -0.2) is 9.97 Å². The van der Waals surface area contributed by atoms with E-state index in [0.717, 1.165) is 23.4 Å². The van der Waals surface area contributed by atoms with Crippen LogP contribution >= 0.6 is 0 Å². The van der Waals surface area contributed by atoms with Crippen LogP contribution in [0.5, 0.6) is 0 Å². The molecule has 1 N–H and O–H groups in total. The number of aromatic nitrogens is 2. The van der Waals surface area contributed by atoms with Gasteiger partial charge in [0.15, 0.2) is 5.82 Å². The standard InChI is InChI=1S/C17H21N3O/c1-17(2,3)16(21)18-10-9-13-11-19-15(20-12-13)14-7-5-4-6-8-14/h4-8,11-12H,9-10H2,1-3H3,(H,18,21). The van der Waals surface area contributed by atoms with Gasteiger partial charge in [0.1, 0.15) is 0 Å². The molecule has 4 heteroatoms. The first-order valence-electron chi connectivity index (χ1n) is 7.11. The van der Waals surface area contributed by atoms with Crippen molar-refractivity contribution in [2.45, 2.75) is 27.2 Å². The molecule has 0 radical (unpaired) electrons. The van der Waals surface area contributed by atoms with E-state index in [2.05, 4.69) is 15.3 Å². The van der Waals surface area contributed by atoms with Gasteiger partial charge in [-0.3, -0.25) is 4.79 Å². The molecule has 0 aliphatic carbocycles. The first-order valence-corrected chi connectivity index (χ1v) is 7.11. The molecule has 0 spiro atoms. The number of nitrogens with zero attached hydrogens (tertiary/aromatic N) is 2. The van der Waals surface area contributed by atoms with Crippen molar-refractivity contribution in [1.29, 1.82) is 0 Å². The molecule has 0 unspecified atom stereocenters. The lowest BCUT2D eigenvalue weighted by Crippen LogP contribution is -2.35. The Hall–Kier alpha value is -2.23. The van der Waals surface area contributed by atoms with E-state index < -0.39 is 0 Å². The van der Waals surface area contributed by atoms with Gasteiger partial charge in [-0.2, -0.15) is 0 Å². The van der Waals surface area contributed by atoms with E-state index in [1.807, 2.05) is 63.5 Å². The number of hydrogen-bond donors (Lipinski definition) is 1. The molecule has 1 amide bonds. The Morgan fingerprint density at radius 2 is 1.71 bits per heavy atom. The van der Waals surface area contributed by atoms with E-state index in [0.29, 0.717) is 6.54 Å². The normalized spacial score (nSPS) is 11.2. The van der Waals surface area contributed by atoms with Crippen LogP contribution in [0.25, 0.3) is 11.4 Å². The second-order valence-electron chi connectivity index (χ2n) is 6.04.